The van der Waals surface area contributed by atoms with E-state index >= 15 is 0 Å². The lowest BCUT2D eigenvalue weighted by atomic mass is 10.1. The standard InChI is InChI=1S/C28H27ClFN3O3/c1-19-8-10-20(11-9-19)14-15-31-26(34)7-4-16-32-27(35)23-5-2-3-6-25(23)33(28(32)36)18-21-12-13-22(30)17-24(21)29/h2-3,5-6,8-13,17H,4,7,14-16,18H2,1H3,(H,31,34). The molecule has 0 atom stereocenters. The van der Waals surface area contributed by atoms with Crippen molar-refractivity contribution in [3.63, 3.8) is 0 Å². The highest BCUT2D eigenvalue weighted by Gasteiger charge is 2.15. The lowest BCUT2D eigenvalue weighted by Gasteiger charge is -2.15. The van der Waals surface area contributed by atoms with Crippen molar-refractivity contribution < 1.29 is 9.18 Å². The molecule has 0 bridgehead atoms. The van der Waals surface area contributed by atoms with Crippen LogP contribution >= 0.6 is 11.6 Å². The second kappa shape index (κ2) is 11.4. The van der Waals surface area contributed by atoms with Crippen LogP contribution in [0.5, 0.6) is 0 Å². The summed E-state index contributed by atoms with van der Waals surface area (Å²) in [5.41, 5.74) is 2.45. The average Bonchev–Trinajstić information content (AvgIpc) is 2.86. The lowest BCUT2D eigenvalue weighted by molar-refractivity contribution is -0.121. The number of fused-ring (bicyclic) bond motifs is 1. The fourth-order valence-corrected chi connectivity index (χ4v) is 4.36. The van der Waals surface area contributed by atoms with Crippen LogP contribution in [0.1, 0.15) is 29.5 Å². The third-order valence-corrected chi connectivity index (χ3v) is 6.47. The van der Waals surface area contributed by atoms with Gasteiger partial charge in [-0.25, -0.2) is 9.18 Å². The summed E-state index contributed by atoms with van der Waals surface area (Å²) in [4.78, 5) is 38.7. The van der Waals surface area contributed by atoms with E-state index in [9.17, 15) is 18.8 Å². The number of hydrogen-bond acceptors (Lipinski definition) is 3. The van der Waals surface area contributed by atoms with Crippen LogP contribution in [0.4, 0.5) is 4.39 Å². The number of carbonyl (C=O) groups is 1. The normalized spacial score (nSPS) is 11.1. The molecular formula is C28H27ClFN3O3. The summed E-state index contributed by atoms with van der Waals surface area (Å²) in [5, 5.41) is 3.48. The van der Waals surface area contributed by atoms with Gasteiger partial charge in [-0.3, -0.25) is 18.7 Å². The van der Waals surface area contributed by atoms with Crippen LogP contribution in [0, 0.1) is 12.7 Å². The molecule has 0 aliphatic heterocycles. The van der Waals surface area contributed by atoms with Gasteiger partial charge in [0.1, 0.15) is 5.82 Å². The molecular weight excluding hydrogens is 481 g/mol. The molecule has 6 nitrogen and oxygen atoms in total. The molecule has 8 heteroatoms. The summed E-state index contributed by atoms with van der Waals surface area (Å²) in [6.07, 6.45) is 1.25. The third kappa shape index (κ3) is 5.91. The first-order valence-electron chi connectivity index (χ1n) is 11.8. The maximum Gasteiger partial charge on any atom is 0.331 e. The Hall–Kier alpha value is -3.71. The van der Waals surface area contributed by atoms with Gasteiger partial charge < -0.3 is 5.32 Å². The average molecular weight is 508 g/mol. The van der Waals surface area contributed by atoms with E-state index in [0.29, 0.717) is 29.4 Å². The molecule has 0 fully saturated rings. The molecule has 1 amide bonds. The first kappa shape index (κ1) is 25.4. The molecule has 186 valence electrons. The van der Waals surface area contributed by atoms with Crippen LogP contribution in [0.25, 0.3) is 10.9 Å². The van der Waals surface area contributed by atoms with Crippen molar-refractivity contribution in [1.29, 1.82) is 0 Å². The number of nitrogens with zero attached hydrogens (tertiary/aromatic N) is 2. The Bertz CT molecular complexity index is 1510. The predicted molar refractivity (Wildman–Crippen MR) is 140 cm³/mol. The fourth-order valence-electron chi connectivity index (χ4n) is 4.13. The highest BCUT2D eigenvalue weighted by molar-refractivity contribution is 6.31. The monoisotopic (exact) mass is 507 g/mol. The van der Waals surface area contributed by atoms with Gasteiger partial charge in [0.05, 0.1) is 17.4 Å². The molecule has 36 heavy (non-hydrogen) atoms. The van der Waals surface area contributed by atoms with E-state index in [1.165, 1.54) is 28.3 Å². The summed E-state index contributed by atoms with van der Waals surface area (Å²) in [5.74, 6) is -0.600. The molecule has 0 radical (unpaired) electrons. The lowest BCUT2D eigenvalue weighted by Crippen LogP contribution is -2.40. The molecule has 0 aliphatic rings. The van der Waals surface area contributed by atoms with Gasteiger partial charge in [0.25, 0.3) is 5.56 Å². The Labute approximate surface area is 213 Å². The Morgan fingerprint density at radius 2 is 1.75 bits per heavy atom. The topological polar surface area (TPSA) is 73.1 Å². The van der Waals surface area contributed by atoms with E-state index in [4.69, 9.17) is 11.6 Å². The van der Waals surface area contributed by atoms with E-state index in [-0.39, 0.29) is 30.4 Å². The second-order valence-electron chi connectivity index (χ2n) is 8.77. The highest BCUT2D eigenvalue weighted by atomic mass is 35.5. The van der Waals surface area contributed by atoms with Crippen LogP contribution in [0.15, 0.2) is 76.3 Å². The van der Waals surface area contributed by atoms with E-state index in [1.54, 1.807) is 24.3 Å². The highest BCUT2D eigenvalue weighted by Crippen LogP contribution is 2.19. The summed E-state index contributed by atoms with van der Waals surface area (Å²) < 4.78 is 16.1. The van der Waals surface area contributed by atoms with Gasteiger partial charge in [0, 0.05) is 24.5 Å². The Morgan fingerprint density at radius 3 is 2.50 bits per heavy atom. The van der Waals surface area contributed by atoms with Crippen molar-refractivity contribution in [3.05, 3.63) is 115 Å². The Balaban J connectivity index is 1.47. The molecule has 1 N–H and O–H groups in total. The van der Waals surface area contributed by atoms with Crippen molar-refractivity contribution in [2.24, 2.45) is 0 Å². The predicted octanol–water partition coefficient (Wildman–Crippen LogP) is 4.45. The SMILES string of the molecule is Cc1ccc(CCNC(=O)CCCn2c(=O)c3ccccc3n(Cc3ccc(F)cc3Cl)c2=O)cc1. The van der Waals surface area contributed by atoms with E-state index in [1.807, 2.05) is 31.2 Å². The Kier molecular flexibility index (Phi) is 8.00. The number of aromatic nitrogens is 2. The summed E-state index contributed by atoms with van der Waals surface area (Å²) in [7, 11) is 0. The van der Waals surface area contributed by atoms with Crippen molar-refractivity contribution in [1.82, 2.24) is 14.5 Å². The first-order chi connectivity index (χ1) is 17.3. The number of benzene rings is 3. The first-order valence-corrected chi connectivity index (χ1v) is 12.2. The molecule has 1 heterocycles. The largest absolute Gasteiger partial charge is 0.356 e. The van der Waals surface area contributed by atoms with Gasteiger partial charge in [-0.1, -0.05) is 59.6 Å². The van der Waals surface area contributed by atoms with Gasteiger partial charge >= 0.3 is 5.69 Å². The molecule has 1 aromatic heterocycles. The fraction of sp³-hybridized carbons (Fsp3) is 0.250. The van der Waals surface area contributed by atoms with Crippen LogP contribution in [0.2, 0.25) is 5.02 Å². The number of aryl methyl sites for hydroxylation is 1. The molecule has 0 unspecified atom stereocenters. The van der Waals surface area contributed by atoms with Gasteiger partial charge in [-0.15, -0.1) is 0 Å². The quantitative estimate of drug-likeness (QED) is 0.364. The molecule has 0 spiro atoms. The third-order valence-electron chi connectivity index (χ3n) is 6.12. The molecule has 4 rings (SSSR count). The van der Waals surface area contributed by atoms with Crippen LogP contribution in [-0.2, 0) is 24.3 Å². The number of amides is 1. The number of carbonyl (C=O) groups excluding carboxylic acids is 1. The maximum absolute atomic E-state index is 13.5. The number of halogens is 2. The number of hydrogen-bond donors (Lipinski definition) is 1. The van der Waals surface area contributed by atoms with Gasteiger partial charge in [0.15, 0.2) is 0 Å². The van der Waals surface area contributed by atoms with Crippen molar-refractivity contribution in [3.8, 4) is 0 Å². The summed E-state index contributed by atoms with van der Waals surface area (Å²) in [6, 6.07) is 19.0. The maximum atomic E-state index is 13.5. The van der Waals surface area contributed by atoms with Gasteiger partial charge in [-0.2, -0.15) is 0 Å². The Morgan fingerprint density at radius 1 is 1.00 bits per heavy atom. The second-order valence-corrected chi connectivity index (χ2v) is 9.17. The molecule has 4 aromatic rings. The van der Waals surface area contributed by atoms with Gasteiger partial charge in [0.2, 0.25) is 5.91 Å². The molecule has 0 aliphatic carbocycles. The van der Waals surface area contributed by atoms with Crippen LogP contribution < -0.4 is 16.6 Å². The van der Waals surface area contributed by atoms with E-state index in [2.05, 4.69) is 5.32 Å². The van der Waals surface area contributed by atoms with Crippen LogP contribution in [0.3, 0.4) is 0 Å². The van der Waals surface area contributed by atoms with E-state index in [0.717, 1.165) is 16.6 Å². The zero-order valence-corrected chi connectivity index (χ0v) is 20.7. The molecule has 0 saturated heterocycles. The summed E-state index contributed by atoms with van der Waals surface area (Å²) in [6.45, 7) is 2.73. The minimum atomic E-state index is -0.501. The van der Waals surface area contributed by atoms with Crippen LogP contribution in [-0.4, -0.2) is 21.6 Å². The molecule has 0 saturated carbocycles. The number of nitrogens with one attached hydrogen (secondary N) is 1. The number of para-hydroxylation sites is 1. The smallest absolute Gasteiger partial charge is 0.331 e. The van der Waals surface area contributed by atoms with Crippen molar-refractivity contribution >= 4 is 28.4 Å². The van der Waals surface area contributed by atoms with Crippen molar-refractivity contribution in [2.45, 2.75) is 39.3 Å². The zero-order chi connectivity index (χ0) is 25.7. The van der Waals surface area contributed by atoms with Crippen molar-refractivity contribution in [2.75, 3.05) is 6.54 Å². The summed E-state index contributed by atoms with van der Waals surface area (Å²) >= 11 is 6.19. The zero-order valence-electron chi connectivity index (χ0n) is 20.0. The number of rotatable bonds is 9. The minimum absolute atomic E-state index is 0.0816. The van der Waals surface area contributed by atoms with E-state index < -0.39 is 17.1 Å². The van der Waals surface area contributed by atoms with Gasteiger partial charge in [-0.05, 0) is 55.2 Å². The minimum Gasteiger partial charge on any atom is -0.356 e. The molecule has 3 aromatic carbocycles.